The number of aromatic nitrogens is 2. The van der Waals surface area contributed by atoms with Gasteiger partial charge in [0.25, 0.3) is 0 Å². The molecule has 0 bridgehead atoms. The highest BCUT2D eigenvalue weighted by Gasteiger charge is 2.55. The fraction of sp³-hybridized carbons (Fsp3) is 0.579. The van der Waals surface area contributed by atoms with Crippen LogP contribution in [0.2, 0.25) is 0 Å². The van der Waals surface area contributed by atoms with Crippen molar-refractivity contribution in [2.24, 2.45) is 5.41 Å². The van der Waals surface area contributed by atoms with Crippen molar-refractivity contribution >= 4 is 42.9 Å². The maximum atomic E-state index is 12.9. The van der Waals surface area contributed by atoms with Crippen LogP contribution in [-0.2, 0) is 14.8 Å². The smallest absolute Gasteiger partial charge is 0.410 e. The molecule has 2 fully saturated rings. The van der Waals surface area contributed by atoms with Gasteiger partial charge in [0.05, 0.1) is 23.5 Å². The second-order valence-corrected chi connectivity index (χ2v) is 11.6. The molecule has 28 heavy (non-hydrogen) atoms. The summed E-state index contributed by atoms with van der Waals surface area (Å²) in [6.45, 7) is 6.10. The van der Waals surface area contributed by atoms with Crippen molar-refractivity contribution in [3.05, 3.63) is 28.6 Å². The third kappa shape index (κ3) is 3.54. The third-order valence-corrected chi connectivity index (χ3v) is 6.91. The normalized spacial score (nSPS) is 21.5. The molecule has 2 aromatic rings. The van der Waals surface area contributed by atoms with Crippen LogP contribution in [0.25, 0.3) is 10.9 Å². The van der Waals surface area contributed by atoms with E-state index in [4.69, 9.17) is 4.74 Å². The van der Waals surface area contributed by atoms with Gasteiger partial charge in [-0.15, -0.1) is 0 Å². The van der Waals surface area contributed by atoms with E-state index in [0.29, 0.717) is 22.4 Å². The van der Waals surface area contributed by atoms with E-state index < -0.39 is 21.7 Å². The van der Waals surface area contributed by atoms with Crippen molar-refractivity contribution in [3.63, 3.8) is 0 Å². The first kappa shape index (κ1) is 19.7. The summed E-state index contributed by atoms with van der Waals surface area (Å²) in [6, 6.07) is 3.18. The monoisotopic (exact) mass is 469 g/mol. The summed E-state index contributed by atoms with van der Waals surface area (Å²) in [7, 11) is -3.58. The summed E-state index contributed by atoms with van der Waals surface area (Å²) in [6.07, 6.45) is 5.27. The minimum absolute atomic E-state index is 0.0825. The van der Waals surface area contributed by atoms with E-state index in [0.717, 1.165) is 24.6 Å². The molecule has 0 radical (unpaired) electrons. The van der Waals surface area contributed by atoms with Crippen molar-refractivity contribution in [1.82, 2.24) is 13.9 Å². The zero-order valence-corrected chi connectivity index (χ0v) is 18.8. The second kappa shape index (κ2) is 6.19. The van der Waals surface area contributed by atoms with Gasteiger partial charge in [0.15, 0.2) is 0 Å². The van der Waals surface area contributed by atoms with Crippen LogP contribution in [-0.4, -0.2) is 46.8 Å². The van der Waals surface area contributed by atoms with Gasteiger partial charge in [-0.25, -0.2) is 22.2 Å². The maximum absolute atomic E-state index is 12.9. The fourth-order valence-corrected chi connectivity index (χ4v) is 5.44. The molecule has 152 valence electrons. The molecule has 1 aliphatic carbocycles. The van der Waals surface area contributed by atoms with Crippen LogP contribution in [0, 0.1) is 5.41 Å². The van der Waals surface area contributed by atoms with E-state index in [2.05, 4.69) is 20.9 Å². The van der Waals surface area contributed by atoms with Gasteiger partial charge in [0.2, 0.25) is 10.0 Å². The largest absolute Gasteiger partial charge is 0.444 e. The highest BCUT2D eigenvalue weighted by atomic mass is 79.9. The molecule has 1 saturated carbocycles. The van der Waals surface area contributed by atoms with Crippen LogP contribution in [0.3, 0.4) is 0 Å². The van der Waals surface area contributed by atoms with E-state index in [9.17, 15) is 13.2 Å². The third-order valence-electron chi connectivity index (χ3n) is 5.40. The molecule has 4 rings (SSSR count). The molecule has 1 aliphatic heterocycles. The summed E-state index contributed by atoms with van der Waals surface area (Å²) in [4.78, 5) is 18.8. The number of amides is 1. The zero-order chi connectivity index (χ0) is 20.5. The molecule has 1 amide bonds. The number of halogens is 1. The average molecular weight is 470 g/mol. The molecule has 9 heteroatoms. The van der Waals surface area contributed by atoms with Crippen LogP contribution in [0.1, 0.15) is 51.8 Å². The van der Waals surface area contributed by atoms with E-state index in [1.165, 1.54) is 10.2 Å². The van der Waals surface area contributed by atoms with Gasteiger partial charge in [-0.2, -0.15) is 0 Å². The molecule has 1 atom stereocenters. The van der Waals surface area contributed by atoms with Crippen LogP contribution in [0.5, 0.6) is 0 Å². The summed E-state index contributed by atoms with van der Waals surface area (Å²) >= 11 is 3.32. The molecule has 0 N–H and O–H groups in total. The Bertz CT molecular complexity index is 1070. The van der Waals surface area contributed by atoms with Crippen molar-refractivity contribution in [3.8, 4) is 0 Å². The minimum Gasteiger partial charge on any atom is -0.444 e. The van der Waals surface area contributed by atoms with Crippen molar-refractivity contribution < 1.29 is 17.9 Å². The number of nitrogens with zero attached hydrogens (tertiary/aromatic N) is 3. The van der Waals surface area contributed by atoms with E-state index >= 15 is 0 Å². The van der Waals surface area contributed by atoms with Gasteiger partial charge in [-0.1, -0.05) is 0 Å². The zero-order valence-electron chi connectivity index (χ0n) is 16.4. The Kier molecular flexibility index (Phi) is 4.36. The number of hydrogen-bond donors (Lipinski definition) is 0. The predicted molar refractivity (Wildman–Crippen MR) is 110 cm³/mol. The van der Waals surface area contributed by atoms with Crippen molar-refractivity contribution in [1.29, 1.82) is 0 Å². The first-order valence-corrected chi connectivity index (χ1v) is 11.9. The Hall–Kier alpha value is -1.61. The molecular formula is C19H24BrN3O4S. The quantitative estimate of drug-likeness (QED) is 0.619. The number of rotatable bonds is 2. The highest BCUT2D eigenvalue weighted by molar-refractivity contribution is 9.10. The molecule has 0 aromatic carbocycles. The lowest BCUT2D eigenvalue weighted by atomic mass is 10.0. The van der Waals surface area contributed by atoms with E-state index in [-0.39, 0.29) is 11.5 Å². The van der Waals surface area contributed by atoms with Crippen molar-refractivity contribution in [2.45, 2.75) is 51.7 Å². The van der Waals surface area contributed by atoms with Crippen LogP contribution in [0.15, 0.2) is 22.9 Å². The molecule has 1 unspecified atom stereocenters. The molecule has 3 heterocycles. The number of likely N-dealkylation sites (tertiary alicyclic amines) is 1. The van der Waals surface area contributed by atoms with Gasteiger partial charge >= 0.3 is 6.09 Å². The number of pyridine rings is 1. The Labute approximate surface area is 173 Å². The number of fused-ring (bicyclic) bond motifs is 1. The molecular weight excluding hydrogens is 446 g/mol. The molecule has 1 spiro atoms. The van der Waals surface area contributed by atoms with Gasteiger partial charge in [-0.05, 0) is 73.5 Å². The van der Waals surface area contributed by atoms with Crippen LogP contribution < -0.4 is 0 Å². The SMILES string of the molecule is CC(C)(C)OC(=O)N1CC2(CC2)CC1c1cc2cnc(Br)cc2n1S(C)(=O)=O. The van der Waals surface area contributed by atoms with Gasteiger partial charge < -0.3 is 4.74 Å². The van der Waals surface area contributed by atoms with Crippen molar-refractivity contribution in [2.75, 3.05) is 12.8 Å². The number of carbonyl (C=O) groups excluding carboxylic acids is 1. The van der Waals surface area contributed by atoms with Gasteiger partial charge in [0, 0.05) is 18.1 Å². The highest BCUT2D eigenvalue weighted by Crippen LogP contribution is 2.59. The molecule has 1 saturated heterocycles. The Balaban J connectivity index is 1.84. The Morgan fingerprint density at radius 2 is 2.00 bits per heavy atom. The summed E-state index contributed by atoms with van der Waals surface area (Å²) in [5.74, 6) is 0. The average Bonchev–Trinajstić information content (AvgIpc) is 3.00. The lowest BCUT2D eigenvalue weighted by Gasteiger charge is -2.29. The maximum Gasteiger partial charge on any atom is 0.410 e. The summed E-state index contributed by atoms with van der Waals surface area (Å²) in [5, 5.41) is 0.726. The van der Waals surface area contributed by atoms with Gasteiger partial charge in [0.1, 0.15) is 10.2 Å². The Morgan fingerprint density at radius 3 is 2.57 bits per heavy atom. The predicted octanol–water partition coefficient (Wildman–Crippen LogP) is 4.07. The van der Waals surface area contributed by atoms with E-state index in [1.807, 2.05) is 26.8 Å². The number of ether oxygens (including phenoxy) is 1. The van der Waals surface area contributed by atoms with E-state index in [1.54, 1.807) is 17.2 Å². The number of hydrogen-bond acceptors (Lipinski definition) is 5. The minimum atomic E-state index is -3.58. The Morgan fingerprint density at radius 1 is 1.32 bits per heavy atom. The fourth-order valence-electron chi connectivity index (χ4n) is 4.05. The molecule has 2 aromatic heterocycles. The van der Waals surface area contributed by atoms with Gasteiger partial charge in [-0.3, -0.25) is 4.90 Å². The number of carbonyl (C=O) groups is 1. The summed E-state index contributed by atoms with van der Waals surface area (Å²) < 4.78 is 32.9. The topological polar surface area (TPSA) is 81.5 Å². The first-order valence-electron chi connectivity index (χ1n) is 9.26. The molecule has 2 aliphatic rings. The lowest BCUT2D eigenvalue weighted by Crippen LogP contribution is -2.37. The second-order valence-electron chi connectivity index (χ2n) is 8.99. The first-order chi connectivity index (χ1) is 12.9. The van der Waals surface area contributed by atoms with Crippen LogP contribution >= 0.6 is 15.9 Å². The lowest BCUT2D eigenvalue weighted by molar-refractivity contribution is 0.0214. The standard InChI is InChI=1S/C19H24BrN3O4S/c1-18(2,3)27-17(24)22-11-19(5-6-19)9-15(22)14-7-12-10-21-16(20)8-13(12)23(14)28(4,25)26/h7-8,10,15H,5-6,9,11H2,1-4H3. The molecule has 7 nitrogen and oxygen atoms in total. The van der Waals surface area contributed by atoms with Crippen LogP contribution in [0.4, 0.5) is 4.79 Å². The summed E-state index contributed by atoms with van der Waals surface area (Å²) in [5.41, 5.74) is 0.616.